The lowest BCUT2D eigenvalue weighted by Gasteiger charge is -2.32. The van der Waals surface area contributed by atoms with E-state index < -0.39 is 17.8 Å². The number of hydrogen-bond acceptors (Lipinski definition) is 3. The Hall–Kier alpha value is -3.67. The average Bonchev–Trinajstić information content (AvgIpc) is 2.83. The summed E-state index contributed by atoms with van der Waals surface area (Å²) >= 11 is 0. The van der Waals surface area contributed by atoms with Gasteiger partial charge in [-0.1, -0.05) is 54.6 Å². The highest BCUT2D eigenvalue weighted by molar-refractivity contribution is 5.88. The van der Waals surface area contributed by atoms with Crippen LogP contribution in [0.25, 0.3) is 0 Å². The zero-order valence-corrected chi connectivity index (χ0v) is 21.7. The van der Waals surface area contributed by atoms with Gasteiger partial charge in [-0.25, -0.2) is 4.39 Å². The van der Waals surface area contributed by atoms with E-state index in [0.717, 1.165) is 22.3 Å². The number of hydrogen-bond donors (Lipinski definition) is 1. The van der Waals surface area contributed by atoms with E-state index in [4.69, 9.17) is 4.74 Å². The summed E-state index contributed by atoms with van der Waals surface area (Å²) in [5.74, 6) is -0.486. The molecule has 1 N–H and O–H groups in total. The van der Waals surface area contributed by atoms with Gasteiger partial charge in [-0.15, -0.1) is 0 Å². The third-order valence-electron chi connectivity index (χ3n) is 6.12. The van der Waals surface area contributed by atoms with Crippen LogP contribution in [0.3, 0.4) is 0 Å². The van der Waals surface area contributed by atoms with Crippen molar-refractivity contribution in [3.63, 3.8) is 0 Å². The van der Waals surface area contributed by atoms with Gasteiger partial charge in [0.2, 0.25) is 5.91 Å². The van der Waals surface area contributed by atoms with Crippen LogP contribution >= 0.6 is 0 Å². The van der Waals surface area contributed by atoms with Crippen LogP contribution in [-0.2, 0) is 22.6 Å². The van der Waals surface area contributed by atoms with Crippen molar-refractivity contribution in [1.82, 2.24) is 10.2 Å². The van der Waals surface area contributed by atoms with Gasteiger partial charge >= 0.3 is 0 Å². The predicted molar refractivity (Wildman–Crippen MR) is 140 cm³/mol. The molecule has 0 aliphatic rings. The van der Waals surface area contributed by atoms with E-state index in [1.54, 1.807) is 18.2 Å². The molecule has 3 rings (SSSR count). The summed E-state index contributed by atoms with van der Waals surface area (Å²) in [6, 6.07) is 18.8. The van der Waals surface area contributed by atoms with Crippen LogP contribution in [-0.4, -0.2) is 35.4 Å². The molecule has 0 saturated carbocycles. The molecule has 0 heterocycles. The number of ether oxygens (including phenoxy) is 1. The Balaban J connectivity index is 1.95. The minimum Gasteiger partial charge on any atom is -0.483 e. The molecular formula is C30H35FN2O3. The first-order chi connectivity index (χ1) is 17.2. The second-order valence-electron chi connectivity index (χ2n) is 9.48. The van der Waals surface area contributed by atoms with Crippen molar-refractivity contribution in [2.75, 3.05) is 6.61 Å². The van der Waals surface area contributed by atoms with Gasteiger partial charge < -0.3 is 15.0 Å². The molecule has 0 fully saturated rings. The third-order valence-corrected chi connectivity index (χ3v) is 6.12. The summed E-state index contributed by atoms with van der Waals surface area (Å²) in [5.41, 5.74) is 4.29. The molecule has 0 radical (unpaired) electrons. The maximum absolute atomic E-state index is 14.6. The van der Waals surface area contributed by atoms with E-state index >= 15 is 0 Å². The number of halogens is 1. The Morgan fingerprint density at radius 1 is 0.972 bits per heavy atom. The lowest BCUT2D eigenvalue weighted by Crippen LogP contribution is -2.53. The minimum atomic E-state index is -0.842. The molecule has 0 unspecified atom stereocenters. The van der Waals surface area contributed by atoms with Crippen LogP contribution < -0.4 is 10.1 Å². The van der Waals surface area contributed by atoms with Crippen LogP contribution in [0.5, 0.6) is 5.75 Å². The molecular weight excluding hydrogens is 455 g/mol. The zero-order valence-electron chi connectivity index (χ0n) is 21.7. The fourth-order valence-electron chi connectivity index (χ4n) is 4.12. The highest BCUT2D eigenvalue weighted by Crippen LogP contribution is 2.24. The van der Waals surface area contributed by atoms with Gasteiger partial charge in [0.15, 0.2) is 6.61 Å². The number of aryl methyl sites for hydroxylation is 2. The van der Waals surface area contributed by atoms with Crippen LogP contribution in [0.15, 0.2) is 66.7 Å². The summed E-state index contributed by atoms with van der Waals surface area (Å²) in [7, 11) is 0. The van der Waals surface area contributed by atoms with Gasteiger partial charge in [-0.3, -0.25) is 9.59 Å². The molecule has 0 aliphatic carbocycles. The summed E-state index contributed by atoms with van der Waals surface area (Å²) in [5, 5.41) is 2.93. The summed E-state index contributed by atoms with van der Waals surface area (Å²) in [6.07, 6.45) is 0.294. The maximum Gasteiger partial charge on any atom is 0.261 e. The molecule has 1 atom stereocenters. The Bertz CT molecular complexity index is 1190. The molecule has 0 aliphatic heterocycles. The SMILES string of the molecule is Cc1cc(C)c(C)c(OCC(=O)N(Cc2ccccc2F)[C@@H](Cc2ccccc2)C(=O)NC(C)C)c1. The van der Waals surface area contributed by atoms with Crippen LogP contribution in [0, 0.1) is 26.6 Å². The maximum atomic E-state index is 14.6. The van der Waals surface area contributed by atoms with Crippen molar-refractivity contribution >= 4 is 11.8 Å². The van der Waals surface area contributed by atoms with Crippen molar-refractivity contribution in [2.24, 2.45) is 0 Å². The van der Waals surface area contributed by atoms with E-state index in [-0.39, 0.29) is 25.1 Å². The highest BCUT2D eigenvalue weighted by atomic mass is 19.1. The molecule has 3 aromatic carbocycles. The van der Waals surface area contributed by atoms with Gasteiger partial charge in [0.05, 0.1) is 0 Å². The standard InChI is InChI=1S/C30H35FN2O3/c1-20(2)32-30(35)27(17-24-11-7-6-8-12-24)33(18-25-13-9-10-14-26(25)31)29(34)19-36-28-16-21(3)15-22(4)23(28)5/h6-16,20,27H,17-19H2,1-5H3,(H,32,35)/t27-/m0/s1. The molecule has 6 heteroatoms. The molecule has 3 aromatic rings. The van der Waals surface area contributed by atoms with E-state index in [2.05, 4.69) is 11.4 Å². The normalized spacial score (nSPS) is 11.8. The number of carbonyl (C=O) groups is 2. The first kappa shape index (κ1) is 26.9. The van der Waals surface area contributed by atoms with E-state index in [1.807, 2.05) is 71.0 Å². The zero-order chi connectivity index (χ0) is 26.2. The van der Waals surface area contributed by atoms with Crippen molar-refractivity contribution in [3.8, 4) is 5.75 Å². The lowest BCUT2D eigenvalue weighted by atomic mass is 10.0. The number of rotatable bonds is 10. The van der Waals surface area contributed by atoms with Gasteiger partial charge in [-0.05, 0) is 69.0 Å². The quantitative estimate of drug-likeness (QED) is 0.420. The largest absolute Gasteiger partial charge is 0.483 e. The Labute approximate surface area is 213 Å². The Morgan fingerprint density at radius 2 is 1.64 bits per heavy atom. The highest BCUT2D eigenvalue weighted by Gasteiger charge is 2.31. The second-order valence-corrected chi connectivity index (χ2v) is 9.48. The second kappa shape index (κ2) is 12.3. The van der Waals surface area contributed by atoms with Gasteiger partial charge in [0.1, 0.15) is 17.6 Å². The third kappa shape index (κ3) is 7.17. The molecule has 0 spiro atoms. The van der Waals surface area contributed by atoms with Crippen molar-refractivity contribution < 1.29 is 18.7 Å². The molecule has 0 bridgehead atoms. The predicted octanol–water partition coefficient (Wildman–Crippen LogP) is 5.29. The van der Waals surface area contributed by atoms with Crippen molar-refractivity contribution in [3.05, 3.63) is 100 Å². The van der Waals surface area contributed by atoms with Gasteiger partial charge in [-0.2, -0.15) is 0 Å². The van der Waals surface area contributed by atoms with Gasteiger partial charge in [0.25, 0.3) is 5.91 Å². The van der Waals surface area contributed by atoms with E-state index in [0.29, 0.717) is 17.7 Å². The minimum absolute atomic E-state index is 0.0519. The number of carbonyl (C=O) groups excluding carboxylic acids is 2. The number of nitrogens with zero attached hydrogens (tertiary/aromatic N) is 1. The summed E-state index contributed by atoms with van der Waals surface area (Å²) in [6.45, 7) is 9.33. The summed E-state index contributed by atoms with van der Waals surface area (Å²) in [4.78, 5) is 28.4. The van der Waals surface area contributed by atoms with Gasteiger partial charge in [0, 0.05) is 24.6 Å². The van der Waals surface area contributed by atoms with Crippen LogP contribution in [0.4, 0.5) is 4.39 Å². The first-order valence-corrected chi connectivity index (χ1v) is 12.2. The van der Waals surface area contributed by atoms with Crippen molar-refractivity contribution in [1.29, 1.82) is 0 Å². The molecule has 190 valence electrons. The first-order valence-electron chi connectivity index (χ1n) is 12.2. The van der Waals surface area contributed by atoms with Crippen LogP contribution in [0.2, 0.25) is 0 Å². The smallest absolute Gasteiger partial charge is 0.261 e. The fraction of sp³-hybridized carbons (Fsp3) is 0.333. The summed E-state index contributed by atoms with van der Waals surface area (Å²) < 4.78 is 20.6. The number of benzene rings is 3. The number of amides is 2. The number of nitrogens with one attached hydrogen (secondary N) is 1. The average molecular weight is 491 g/mol. The monoisotopic (exact) mass is 490 g/mol. The molecule has 36 heavy (non-hydrogen) atoms. The topological polar surface area (TPSA) is 58.6 Å². The molecule has 0 aromatic heterocycles. The Morgan fingerprint density at radius 3 is 2.31 bits per heavy atom. The van der Waals surface area contributed by atoms with E-state index in [9.17, 15) is 14.0 Å². The molecule has 5 nitrogen and oxygen atoms in total. The Kier molecular flexibility index (Phi) is 9.23. The van der Waals surface area contributed by atoms with E-state index in [1.165, 1.54) is 11.0 Å². The lowest BCUT2D eigenvalue weighted by molar-refractivity contribution is -0.143. The van der Waals surface area contributed by atoms with Crippen LogP contribution in [0.1, 0.15) is 41.7 Å². The molecule has 2 amide bonds. The molecule has 0 saturated heterocycles. The van der Waals surface area contributed by atoms with Crippen molar-refractivity contribution in [2.45, 2.75) is 59.7 Å². The fourth-order valence-corrected chi connectivity index (χ4v) is 4.12.